The molecular weight excluding hydrogens is 160 g/mol. The van der Waals surface area contributed by atoms with E-state index < -0.39 is 0 Å². The third-order valence-electron chi connectivity index (χ3n) is 3.81. The lowest BCUT2D eigenvalue weighted by Gasteiger charge is -2.21. The van der Waals surface area contributed by atoms with E-state index in [0.717, 1.165) is 11.8 Å². The summed E-state index contributed by atoms with van der Waals surface area (Å²) in [6, 6.07) is 5.99. The van der Waals surface area contributed by atoms with Gasteiger partial charge in [-0.3, -0.25) is 0 Å². The van der Waals surface area contributed by atoms with E-state index in [1.54, 1.807) is 0 Å². The number of phenolic OH excluding ortho intramolecular Hbond substituents is 1. The molecule has 2 bridgehead atoms. The van der Waals surface area contributed by atoms with Crippen LogP contribution in [0.15, 0.2) is 18.2 Å². The highest BCUT2D eigenvalue weighted by molar-refractivity contribution is 5.49. The maximum atomic E-state index is 9.74. The first-order valence-corrected chi connectivity index (χ1v) is 5.09. The number of hydrogen-bond acceptors (Lipinski definition) is 1. The predicted octanol–water partition coefficient (Wildman–Crippen LogP) is 3.00. The molecule has 1 nitrogen and oxygen atoms in total. The highest BCUT2D eigenvalue weighted by atomic mass is 16.3. The number of hydrogen-bond donors (Lipinski definition) is 1. The Balaban J connectivity index is 2.21. The molecule has 13 heavy (non-hydrogen) atoms. The summed E-state index contributed by atoms with van der Waals surface area (Å²) in [7, 11) is 0. The van der Waals surface area contributed by atoms with Gasteiger partial charge in [-0.15, -0.1) is 0 Å². The first kappa shape index (κ1) is 7.43. The number of phenols is 1. The molecule has 1 aromatic carbocycles. The molecule has 2 aliphatic rings. The standard InChI is InChI=1S/C12H14O/c1-7-5-8-6-10(7)9-3-2-4-11(13)12(8)9/h2-4,7-8,10,13H,5-6H2,1H3. The number of rotatable bonds is 0. The van der Waals surface area contributed by atoms with E-state index in [9.17, 15) is 5.11 Å². The summed E-state index contributed by atoms with van der Waals surface area (Å²) >= 11 is 0. The van der Waals surface area contributed by atoms with Gasteiger partial charge in [0.2, 0.25) is 0 Å². The van der Waals surface area contributed by atoms with Crippen molar-refractivity contribution in [2.24, 2.45) is 5.92 Å². The molecule has 2 aliphatic carbocycles. The minimum atomic E-state index is 0.525. The predicted molar refractivity (Wildman–Crippen MR) is 52.0 cm³/mol. The highest BCUT2D eigenvalue weighted by Gasteiger charge is 2.42. The van der Waals surface area contributed by atoms with Crippen molar-refractivity contribution in [3.8, 4) is 5.75 Å². The third kappa shape index (κ3) is 0.822. The molecule has 0 heterocycles. The van der Waals surface area contributed by atoms with Crippen LogP contribution < -0.4 is 0 Å². The molecule has 3 unspecified atom stereocenters. The minimum Gasteiger partial charge on any atom is -0.508 e. The Bertz CT molecular complexity index is 356. The fraction of sp³-hybridized carbons (Fsp3) is 0.500. The lowest BCUT2D eigenvalue weighted by molar-refractivity contribution is 0.451. The maximum absolute atomic E-state index is 9.74. The first-order chi connectivity index (χ1) is 6.27. The maximum Gasteiger partial charge on any atom is 0.119 e. The zero-order valence-corrected chi connectivity index (χ0v) is 7.83. The molecule has 1 saturated carbocycles. The smallest absolute Gasteiger partial charge is 0.119 e. The van der Waals surface area contributed by atoms with Gasteiger partial charge in [-0.1, -0.05) is 19.1 Å². The SMILES string of the molecule is CC1CC2CC1c1cccc(O)c12. The van der Waals surface area contributed by atoms with Crippen LogP contribution >= 0.6 is 0 Å². The molecule has 1 N–H and O–H groups in total. The Morgan fingerprint density at radius 3 is 3.00 bits per heavy atom. The van der Waals surface area contributed by atoms with Crippen molar-refractivity contribution in [3.05, 3.63) is 29.3 Å². The Labute approximate surface area is 78.4 Å². The van der Waals surface area contributed by atoms with Gasteiger partial charge < -0.3 is 5.11 Å². The van der Waals surface area contributed by atoms with Crippen molar-refractivity contribution in [1.29, 1.82) is 0 Å². The van der Waals surface area contributed by atoms with Crippen LogP contribution in [0.4, 0.5) is 0 Å². The molecule has 0 saturated heterocycles. The summed E-state index contributed by atoms with van der Waals surface area (Å²) in [5.74, 6) is 2.72. The highest BCUT2D eigenvalue weighted by Crippen LogP contribution is 2.58. The summed E-state index contributed by atoms with van der Waals surface area (Å²) in [4.78, 5) is 0. The molecule has 3 rings (SSSR count). The molecule has 0 aliphatic heterocycles. The van der Waals surface area contributed by atoms with E-state index in [-0.39, 0.29) is 0 Å². The normalized spacial score (nSPS) is 35.0. The van der Waals surface area contributed by atoms with Crippen LogP contribution in [0.3, 0.4) is 0 Å². The third-order valence-corrected chi connectivity index (χ3v) is 3.81. The van der Waals surface area contributed by atoms with Gasteiger partial charge in [0.05, 0.1) is 0 Å². The van der Waals surface area contributed by atoms with Gasteiger partial charge >= 0.3 is 0 Å². The van der Waals surface area contributed by atoms with Crippen LogP contribution in [0, 0.1) is 5.92 Å². The number of benzene rings is 1. The van der Waals surface area contributed by atoms with E-state index in [1.807, 2.05) is 12.1 Å². The Kier molecular flexibility index (Phi) is 1.30. The van der Waals surface area contributed by atoms with E-state index in [1.165, 1.54) is 24.0 Å². The van der Waals surface area contributed by atoms with Crippen molar-refractivity contribution in [1.82, 2.24) is 0 Å². The Morgan fingerprint density at radius 2 is 2.15 bits per heavy atom. The largest absolute Gasteiger partial charge is 0.508 e. The summed E-state index contributed by atoms with van der Waals surface area (Å²) < 4.78 is 0. The second kappa shape index (κ2) is 2.28. The average molecular weight is 174 g/mol. The second-order valence-electron chi connectivity index (χ2n) is 4.53. The topological polar surface area (TPSA) is 20.2 Å². The van der Waals surface area contributed by atoms with Crippen LogP contribution in [-0.4, -0.2) is 5.11 Å². The molecule has 68 valence electrons. The van der Waals surface area contributed by atoms with Gasteiger partial charge in [0.15, 0.2) is 0 Å². The molecule has 0 amide bonds. The van der Waals surface area contributed by atoms with Gasteiger partial charge in [0.1, 0.15) is 5.75 Å². The Morgan fingerprint density at radius 1 is 1.31 bits per heavy atom. The summed E-state index contributed by atoms with van der Waals surface area (Å²) in [6.45, 7) is 2.33. The minimum absolute atomic E-state index is 0.525. The summed E-state index contributed by atoms with van der Waals surface area (Å²) in [5, 5.41) is 9.74. The van der Waals surface area contributed by atoms with E-state index in [2.05, 4.69) is 13.0 Å². The zero-order valence-electron chi connectivity index (χ0n) is 7.83. The fourth-order valence-electron chi connectivity index (χ4n) is 3.26. The van der Waals surface area contributed by atoms with Crippen molar-refractivity contribution in [2.45, 2.75) is 31.6 Å². The second-order valence-corrected chi connectivity index (χ2v) is 4.53. The lowest BCUT2D eigenvalue weighted by Crippen LogP contribution is -2.06. The van der Waals surface area contributed by atoms with Gasteiger partial charge in [-0.05, 0) is 42.2 Å². The van der Waals surface area contributed by atoms with Crippen LogP contribution in [0.5, 0.6) is 5.75 Å². The Hall–Kier alpha value is -0.980. The van der Waals surface area contributed by atoms with E-state index >= 15 is 0 Å². The quantitative estimate of drug-likeness (QED) is 0.641. The molecule has 0 spiro atoms. The van der Waals surface area contributed by atoms with Crippen LogP contribution in [0.25, 0.3) is 0 Å². The zero-order chi connectivity index (χ0) is 9.00. The van der Waals surface area contributed by atoms with E-state index in [0.29, 0.717) is 11.7 Å². The van der Waals surface area contributed by atoms with Gasteiger partial charge in [0.25, 0.3) is 0 Å². The van der Waals surface area contributed by atoms with Crippen molar-refractivity contribution in [2.75, 3.05) is 0 Å². The van der Waals surface area contributed by atoms with Crippen molar-refractivity contribution >= 4 is 0 Å². The fourth-order valence-corrected chi connectivity index (χ4v) is 3.26. The van der Waals surface area contributed by atoms with E-state index in [4.69, 9.17) is 0 Å². The molecule has 1 aromatic rings. The molecule has 1 fully saturated rings. The summed E-state index contributed by atoms with van der Waals surface area (Å²) in [5.41, 5.74) is 2.68. The monoisotopic (exact) mass is 174 g/mol. The molecule has 0 aromatic heterocycles. The molecule has 0 radical (unpaired) electrons. The van der Waals surface area contributed by atoms with Crippen molar-refractivity contribution < 1.29 is 5.11 Å². The number of aromatic hydroxyl groups is 1. The molecule has 3 atom stereocenters. The van der Waals surface area contributed by atoms with Crippen LogP contribution in [0.1, 0.15) is 42.7 Å². The van der Waals surface area contributed by atoms with Gasteiger partial charge in [0, 0.05) is 5.56 Å². The summed E-state index contributed by atoms with van der Waals surface area (Å²) in [6.07, 6.45) is 2.54. The van der Waals surface area contributed by atoms with Gasteiger partial charge in [-0.25, -0.2) is 0 Å². The average Bonchev–Trinajstić information content (AvgIpc) is 2.61. The van der Waals surface area contributed by atoms with Crippen molar-refractivity contribution in [3.63, 3.8) is 0 Å². The lowest BCUT2D eigenvalue weighted by atomic mass is 9.84. The molecule has 1 heteroatoms. The van der Waals surface area contributed by atoms with Crippen LogP contribution in [-0.2, 0) is 0 Å². The first-order valence-electron chi connectivity index (χ1n) is 5.09. The molecular formula is C12H14O. The van der Waals surface area contributed by atoms with Gasteiger partial charge in [-0.2, -0.15) is 0 Å². The van der Waals surface area contributed by atoms with Crippen LogP contribution in [0.2, 0.25) is 0 Å². The number of fused-ring (bicyclic) bond motifs is 5.